The molecule has 8 aromatic rings. The first kappa shape index (κ1) is 30.9. The maximum absolute atomic E-state index is 5.62. The number of fused-ring (bicyclic) bond motifs is 4. The average molecular weight is 700 g/mol. The van der Waals surface area contributed by atoms with Gasteiger partial charge >= 0.3 is 0 Å². The molecule has 0 spiro atoms. The molecule has 0 unspecified atom stereocenters. The zero-order valence-electron chi connectivity index (χ0n) is 27.5. The second-order valence-corrected chi connectivity index (χ2v) is 14.7. The van der Waals surface area contributed by atoms with E-state index in [1.807, 2.05) is 0 Å². The van der Waals surface area contributed by atoms with Gasteiger partial charge in [-0.1, -0.05) is 125 Å². The van der Waals surface area contributed by atoms with Gasteiger partial charge in [-0.05, 0) is 41.6 Å². The third-order valence-corrected chi connectivity index (χ3v) is 12.2. The average Bonchev–Trinajstić information content (AvgIpc) is 3.53. The number of pyridine rings is 2. The summed E-state index contributed by atoms with van der Waals surface area (Å²) >= 11 is 0. The molecule has 0 saturated heterocycles. The first-order valence-corrected chi connectivity index (χ1v) is 17.7. The smallest absolute Gasteiger partial charge is 0.163 e. The molecule has 7 heteroatoms. The van der Waals surface area contributed by atoms with Gasteiger partial charge < -0.3 is 4.90 Å². The van der Waals surface area contributed by atoms with Gasteiger partial charge in [0.15, 0.2) is 14.6 Å². The molecule has 9 rings (SSSR count). The zero-order valence-corrected chi connectivity index (χ0v) is 31.4. The van der Waals surface area contributed by atoms with E-state index in [-0.39, 0.29) is 19.5 Å². The Balaban J connectivity index is 0.00000348. The summed E-state index contributed by atoms with van der Waals surface area (Å²) in [6, 6.07) is 54.2. The first-order valence-electron chi connectivity index (χ1n) is 16.2. The Morgan fingerprint density at radius 2 is 1.33 bits per heavy atom. The largest absolute Gasteiger partial charge is 0.340 e. The Kier molecular flexibility index (Phi) is 7.95. The van der Waals surface area contributed by atoms with Gasteiger partial charge in [0.1, 0.15) is 24.6 Å². The normalized spacial score (nSPS) is 12.2. The summed E-state index contributed by atoms with van der Waals surface area (Å²) in [5.41, 5.74) is 7.47. The van der Waals surface area contributed by atoms with Crippen molar-refractivity contribution in [1.82, 2.24) is 9.97 Å². The fourth-order valence-electron chi connectivity index (χ4n) is 7.11. The summed E-state index contributed by atoms with van der Waals surface area (Å²) in [6.07, 6.45) is 2.11. The molecule has 1 radical (unpaired) electrons. The Hall–Kier alpha value is -5.36. The third-order valence-electron chi connectivity index (χ3n) is 9.43. The van der Waals surface area contributed by atoms with Gasteiger partial charge in [-0.25, -0.2) is 9.97 Å². The van der Waals surface area contributed by atoms with Crippen molar-refractivity contribution in [2.45, 2.75) is 0 Å². The molecule has 1 aliphatic rings. The molecule has 231 valence electrons. The van der Waals surface area contributed by atoms with Gasteiger partial charge in [0.05, 0.1) is 22.6 Å². The van der Waals surface area contributed by atoms with Crippen molar-refractivity contribution in [2.24, 2.45) is 7.05 Å². The number of aromatic nitrogens is 3. The van der Waals surface area contributed by atoms with Crippen LogP contribution in [0.4, 0.5) is 28.7 Å². The molecule has 3 aromatic heterocycles. The first-order chi connectivity index (χ1) is 23.7. The molecule has 0 atom stereocenters. The number of nitrogens with zero attached hydrogens (tertiary/aromatic N) is 5. The minimum Gasteiger partial charge on any atom is -0.340 e. The van der Waals surface area contributed by atoms with E-state index in [2.05, 4.69) is 186 Å². The van der Waals surface area contributed by atoms with Gasteiger partial charge in [-0.15, -0.1) is 11.5 Å². The molecule has 0 amide bonds. The number of anilines is 5. The topological polar surface area (TPSA) is 36.1 Å². The van der Waals surface area contributed by atoms with Crippen molar-refractivity contribution in [2.75, 3.05) is 16.8 Å². The summed E-state index contributed by atoms with van der Waals surface area (Å²) in [5, 5.41) is 6.27. The van der Waals surface area contributed by atoms with E-state index in [1.165, 1.54) is 26.5 Å². The molecule has 5 aromatic carbocycles. The van der Waals surface area contributed by atoms with Crippen LogP contribution in [0.15, 0.2) is 158 Å². The SMILES string of the molecule is CN1c2ccccc2N(c2cccc(-c3cccc4c3[cH-]c[n+]4C)n2)c2nc3c([Si](c4ccccc4)c4ccccc4)cccc3cc21.[Zn]. The second kappa shape index (κ2) is 12.6. The molecule has 0 saturated carbocycles. The molecule has 4 heterocycles. The van der Waals surface area contributed by atoms with Crippen LogP contribution in [-0.4, -0.2) is 25.8 Å². The van der Waals surface area contributed by atoms with Gasteiger partial charge in [0.2, 0.25) is 0 Å². The standard InChI is InChI=1S/C42H32N5Si.Zn/c1-45-27-26-33-32(19-12-23-35(33)45)34-20-13-25-40(43-34)47-37-22-10-9-21-36(37)46(2)38-28-29-14-11-24-39(41(29)44-42(38)47)48(30-15-5-3-6-16-30)31-17-7-4-8-18-31;/h3-28H,1-2H3;. The predicted octanol–water partition coefficient (Wildman–Crippen LogP) is 7.06. The molecular weight excluding hydrogens is 668 g/mol. The number of rotatable bonds is 5. The van der Waals surface area contributed by atoms with Gasteiger partial charge in [-0.2, -0.15) is 0 Å². The third kappa shape index (κ3) is 5.18. The zero-order chi connectivity index (χ0) is 32.2. The van der Waals surface area contributed by atoms with Crippen molar-refractivity contribution in [3.8, 4) is 11.3 Å². The van der Waals surface area contributed by atoms with Crippen LogP contribution in [0.5, 0.6) is 0 Å². The van der Waals surface area contributed by atoms with E-state index in [0.717, 1.165) is 50.9 Å². The number of aryl methyl sites for hydroxylation is 1. The minimum absolute atomic E-state index is 0. The van der Waals surface area contributed by atoms with E-state index in [9.17, 15) is 0 Å². The predicted molar refractivity (Wildman–Crippen MR) is 200 cm³/mol. The molecule has 0 N–H and O–H groups in total. The van der Waals surface area contributed by atoms with Gasteiger partial charge in [-0.3, -0.25) is 9.47 Å². The van der Waals surface area contributed by atoms with Crippen LogP contribution in [0.2, 0.25) is 0 Å². The maximum Gasteiger partial charge on any atom is 0.163 e. The minimum atomic E-state index is -1.36. The van der Waals surface area contributed by atoms with E-state index < -0.39 is 8.80 Å². The van der Waals surface area contributed by atoms with Crippen LogP contribution >= 0.6 is 0 Å². The summed E-state index contributed by atoms with van der Waals surface area (Å²) in [4.78, 5) is 15.5. The van der Waals surface area contributed by atoms with Crippen LogP contribution in [0, 0.1) is 0 Å². The summed E-state index contributed by atoms with van der Waals surface area (Å²) in [6.45, 7) is 0. The molecule has 0 fully saturated rings. The van der Waals surface area contributed by atoms with Gasteiger partial charge in [0, 0.05) is 37.6 Å². The Labute approximate surface area is 300 Å². The number of hydrogen-bond acceptors (Lipinski definition) is 4. The number of para-hydroxylation sites is 3. The quantitative estimate of drug-likeness (QED) is 0.0835. The van der Waals surface area contributed by atoms with Crippen molar-refractivity contribution in [3.63, 3.8) is 0 Å². The van der Waals surface area contributed by atoms with Crippen molar-refractivity contribution in [3.05, 3.63) is 158 Å². The van der Waals surface area contributed by atoms with Crippen molar-refractivity contribution < 1.29 is 24.0 Å². The Morgan fingerprint density at radius 1 is 0.653 bits per heavy atom. The summed E-state index contributed by atoms with van der Waals surface area (Å²) in [5.74, 6) is 1.71. The van der Waals surface area contributed by atoms with E-state index in [4.69, 9.17) is 9.97 Å². The molecule has 49 heavy (non-hydrogen) atoms. The fourth-order valence-corrected chi connectivity index (χ4v) is 9.82. The van der Waals surface area contributed by atoms with Crippen molar-refractivity contribution in [1.29, 1.82) is 0 Å². The van der Waals surface area contributed by atoms with E-state index in [0.29, 0.717) is 0 Å². The molecule has 0 bridgehead atoms. The fraction of sp³-hybridized carbons (Fsp3) is 0.0476. The molecule has 0 aliphatic carbocycles. The van der Waals surface area contributed by atoms with Crippen LogP contribution in [-0.2, 0) is 26.5 Å². The number of benzene rings is 5. The summed E-state index contributed by atoms with van der Waals surface area (Å²) < 4.78 is 2.16. The van der Waals surface area contributed by atoms with Crippen LogP contribution < -0.4 is 29.9 Å². The maximum atomic E-state index is 5.62. The molecule has 1 aliphatic heterocycles. The Morgan fingerprint density at radius 3 is 2.08 bits per heavy atom. The molecule has 5 nitrogen and oxygen atoms in total. The second-order valence-electron chi connectivity index (χ2n) is 12.2. The van der Waals surface area contributed by atoms with Crippen LogP contribution in [0.25, 0.3) is 33.1 Å². The van der Waals surface area contributed by atoms with E-state index in [1.54, 1.807) is 0 Å². The number of hydrogen-bond donors (Lipinski definition) is 0. The monoisotopic (exact) mass is 698 g/mol. The van der Waals surface area contributed by atoms with Gasteiger partial charge in [0.25, 0.3) is 0 Å². The van der Waals surface area contributed by atoms with Crippen LogP contribution in [0.3, 0.4) is 0 Å². The van der Waals surface area contributed by atoms with E-state index >= 15 is 0 Å². The van der Waals surface area contributed by atoms with Crippen molar-refractivity contribution >= 4 is 74.9 Å². The summed E-state index contributed by atoms with van der Waals surface area (Å²) in [7, 11) is 2.86. The Bertz CT molecular complexity index is 2420. The molecular formula is C42H32N5SiZn. The van der Waals surface area contributed by atoms with Crippen LogP contribution in [0.1, 0.15) is 0 Å².